The Balaban J connectivity index is 0.000000550. The molecule has 0 aliphatic carbocycles. The molecular formula is C11H12FNO5S. The zero-order chi connectivity index (χ0) is 14.5. The molecule has 0 radical (unpaired) electrons. The van der Waals surface area contributed by atoms with Gasteiger partial charge in [-0.1, -0.05) is 6.07 Å². The molecule has 1 aromatic carbocycles. The lowest BCUT2D eigenvalue weighted by atomic mass is 10.2. The average molecular weight is 289 g/mol. The van der Waals surface area contributed by atoms with E-state index in [0.717, 1.165) is 0 Å². The van der Waals surface area contributed by atoms with Crippen molar-refractivity contribution in [2.75, 3.05) is 23.4 Å². The number of nitrogens with zero attached hydrogens (tertiary/aromatic N) is 1. The highest BCUT2D eigenvalue weighted by Crippen LogP contribution is 2.23. The van der Waals surface area contributed by atoms with Gasteiger partial charge in [0.05, 0.1) is 18.8 Å². The molecular weight excluding hydrogens is 277 g/mol. The summed E-state index contributed by atoms with van der Waals surface area (Å²) in [5.74, 6) is -0.748. The third-order valence-electron chi connectivity index (χ3n) is 2.45. The SMILES string of the molecule is Cc1ccc(N2CCOCS2(=O)=O)cc1F.O=C=O. The van der Waals surface area contributed by atoms with Gasteiger partial charge in [-0.05, 0) is 24.6 Å². The number of ether oxygens (including phenoxy) is 1. The Morgan fingerprint density at radius 3 is 2.53 bits per heavy atom. The summed E-state index contributed by atoms with van der Waals surface area (Å²) in [5, 5.41) is 0. The highest BCUT2D eigenvalue weighted by molar-refractivity contribution is 7.92. The van der Waals surface area contributed by atoms with Crippen molar-refractivity contribution in [3.05, 3.63) is 29.6 Å². The van der Waals surface area contributed by atoms with E-state index in [2.05, 4.69) is 0 Å². The summed E-state index contributed by atoms with van der Waals surface area (Å²) >= 11 is 0. The number of rotatable bonds is 1. The Kier molecular flexibility index (Phi) is 5.17. The summed E-state index contributed by atoms with van der Waals surface area (Å²) in [7, 11) is -3.46. The number of benzene rings is 1. The zero-order valence-electron chi connectivity index (χ0n) is 10.1. The van der Waals surface area contributed by atoms with Crippen LogP contribution >= 0.6 is 0 Å². The van der Waals surface area contributed by atoms with Gasteiger partial charge in [0.25, 0.3) is 10.0 Å². The van der Waals surface area contributed by atoms with Crippen LogP contribution in [0.1, 0.15) is 5.56 Å². The normalized spacial score (nSPS) is 17.1. The summed E-state index contributed by atoms with van der Waals surface area (Å²) < 4.78 is 42.7. The number of halogens is 1. The Morgan fingerprint density at radius 2 is 2.00 bits per heavy atom. The molecule has 6 nitrogen and oxygen atoms in total. The van der Waals surface area contributed by atoms with Gasteiger partial charge in [-0.3, -0.25) is 4.31 Å². The lowest BCUT2D eigenvalue weighted by molar-refractivity contribution is -0.191. The summed E-state index contributed by atoms with van der Waals surface area (Å²) in [4.78, 5) is 16.2. The smallest absolute Gasteiger partial charge is 0.362 e. The van der Waals surface area contributed by atoms with Crippen LogP contribution in [0.2, 0.25) is 0 Å². The third-order valence-corrected chi connectivity index (χ3v) is 3.98. The molecule has 0 N–H and O–H groups in total. The van der Waals surface area contributed by atoms with Gasteiger partial charge < -0.3 is 4.74 Å². The molecule has 0 unspecified atom stereocenters. The minimum absolute atomic E-state index is 0.227. The van der Waals surface area contributed by atoms with E-state index in [-0.39, 0.29) is 18.6 Å². The molecule has 1 fully saturated rings. The predicted octanol–water partition coefficient (Wildman–Crippen LogP) is 0.675. The monoisotopic (exact) mass is 289 g/mol. The molecule has 8 heteroatoms. The fraction of sp³-hybridized carbons (Fsp3) is 0.364. The molecule has 0 aromatic heterocycles. The number of hydrogen-bond donors (Lipinski definition) is 0. The lowest BCUT2D eigenvalue weighted by Gasteiger charge is -2.28. The molecule has 104 valence electrons. The van der Waals surface area contributed by atoms with Gasteiger partial charge in [0.15, 0.2) is 5.94 Å². The molecule has 19 heavy (non-hydrogen) atoms. The van der Waals surface area contributed by atoms with Crippen molar-refractivity contribution in [2.45, 2.75) is 6.92 Å². The van der Waals surface area contributed by atoms with Crippen molar-refractivity contribution in [2.24, 2.45) is 0 Å². The molecule has 0 saturated carbocycles. The van der Waals surface area contributed by atoms with Crippen LogP contribution < -0.4 is 4.31 Å². The fourth-order valence-electron chi connectivity index (χ4n) is 1.54. The minimum atomic E-state index is -3.46. The van der Waals surface area contributed by atoms with E-state index in [9.17, 15) is 12.8 Å². The van der Waals surface area contributed by atoms with Gasteiger partial charge in [0.2, 0.25) is 0 Å². The van der Waals surface area contributed by atoms with E-state index in [1.165, 1.54) is 10.4 Å². The summed E-state index contributed by atoms with van der Waals surface area (Å²) in [5.41, 5.74) is 0.848. The molecule has 1 aromatic rings. The molecule has 1 aliphatic rings. The van der Waals surface area contributed by atoms with Gasteiger partial charge in [-0.25, -0.2) is 12.8 Å². The maximum Gasteiger partial charge on any atom is 0.373 e. The van der Waals surface area contributed by atoms with E-state index in [1.807, 2.05) is 0 Å². The second-order valence-corrected chi connectivity index (χ2v) is 5.57. The van der Waals surface area contributed by atoms with Crippen molar-refractivity contribution < 1.29 is 27.1 Å². The molecule has 1 aliphatic heterocycles. The van der Waals surface area contributed by atoms with Gasteiger partial charge in [-0.2, -0.15) is 9.59 Å². The Bertz CT molecular complexity index is 581. The van der Waals surface area contributed by atoms with Crippen molar-refractivity contribution in [3.63, 3.8) is 0 Å². The van der Waals surface area contributed by atoms with Crippen LogP contribution in [-0.2, 0) is 24.3 Å². The second-order valence-electron chi connectivity index (χ2n) is 3.73. The lowest BCUT2D eigenvalue weighted by Crippen LogP contribution is -2.41. The van der Waals surface area contributed by atoms with Crippen molar-refractivity contribution in [3.8, 4) is 0 Å². The number of sulfonamides is 1. The van der Waals surface area contributed by atoms with Crippen LogP contribution in [0.3, 0.4) is 0 Å². The Morgan fingerprint density at radius 1 is 1.37 bits per heavy atom. The van der Waals surface area contributed by atoms with Crippen LogP contribution in [0.25, 0.3) is 0 Å². The molecule has 0 atom stereocenters. The first kappa shape index (κ1) is 15.3. The fourth-order valence-corrected chi connectivity index (χ4v) is 2.78. The average Bonchev–Trinajstić information content (AvgIpc) is 2.33. The van der Waals surface area contributed by atoms with Gasteiger partial charge in [0.1, 0.15) is 5.82 Å². The molecule has 1 heterocycles. The van der Waals surface area contributed by atoms with Gasteiger partial charge >= 0.3 is 6.15 Å². The zero-order valence-corrected chi connectivity index (χ0v) is 10.9. The van der Waals surface area contributed by atoms with Crippen molar-refractivity contribution >= 4 is 21.9 Å². The topological polar surface area (TPSA) is 80.8 Å². The first-order valence-electron chi connectivity index (χ1n) is 5.26. The van der Waals surface area contributed by atoms with Crippen molar-refractivity contribution in [1.29, 1.82) is 0 Å². The first-order valence-corrected chi connectivity index (χ1v) is 6.87. The number of hydrogen-bond acceptors (Lipinski definition) is 5. The van der Waals surface area contributed by atoms with E-state index < -0.39 is 15.8 Å². The molecule has 0 spiro atoms. The summed E-state index contributed by atoms with van der Waals surface area (Å²) in [6, 6.07) is 4.40. The molecule has 0 amide bonds. The summed E-state index contributed by atoms with van der Waals surface area (Å²) in [6.07, 6.45) is 0.250. The van der Waals surface area contributed by atoms with Crippen LogP contribution in [0.4, 0.5) is 10.1 Å². The van der Waals surface area contributed by atoms with Crippen LogP contribution in [-0.4, -0.2) is 33.7 Å². The van der Waals surface area contributed by atoms with E-state index in [4.69, 9.17) is 14.3 Å². The predicted molar refractivity (Wildman–Crippen MR) is 63.2 cm³/mol. The molecule has 1 saturated heterocycles. The highest BCUT2D eigenvalue weighted by atomic mass is 32.2. The largest absolute Gasteiger partial charge is 0.373 e. The highest BCUT2D eigenvalue weighted by Gasteiger charge is 2.26. The van der Waals surface area contributed by atoms with E-state index >= 15 is 0 Å². The third kappa shape index (κ3) is 3.85. The number of anilines is 1. The van der Waals surface area contributed by atoms with E-state index in [0.29, 0.717) is 17.9 Å². The standard InChI is InChI=1S/C10H12FNO3S.CO2/c1-8-2-3-9(6-10(8)11)12-4-5-15-7-16(12,13)14;2-1-3/h2-3,6H,4-5,7H2,1H3;. The van der Waals surface area contributed by atoms with Crippen LogP contribution in [0.15, 0.2) is 18.2 Å². The summed E-state index contributed by atoms with van der Waals surface area (Å²) in [6.45, 7) is 2.19. The quantitative estimate of drug-likeness (QED) is 0.759. The van der Waals surface area contributed by atoms with Crippen LogP contribution in [0.5, 0.6) is 0 Å². The van der Waals surface area contributed by atoms with Crippen molar-refractivity contribution in [1.82, 2.24) is 0 Å². The maximum absolute atomic E-state index is 13.3. The van der Waals surface area contributed by atoms with E-state index in [1.54, 1.807) is 19.1 Å². The first-order chi connectivity index (χ1) is 8.92. The van der Waals surface area contributed by atoms with Crippen LogP contribution in [0, 0.1) is 12.7 Å². The Labute approximate surface area is 109 Å². The Hall–Kier alpha value is -1.76. The number of aryl methyl sites for hydroxylation is 1. The molecule has 2 rings (SSSR count). The number of carbonyl (C=O) groups excluding carboxylic acids is 2. The van der Waals surface area contributed by atoms with Gasteiger partial charge in [0, 0.05) is 0 Å². The van der Waals surface area contributed by atoms with Gasteiger partial charge in [-0.15, -0.1) is 0 Å². The molecule has 0 bridgehead atoms. The second kappa shape index (κ2) is 6.42. The minimum Gasteiger partial charge on any atom is -0.362 e. The maximum atomic E-state index is 13.3.